The summed E-state index contributed by atoms with van der Waals surface area (Å²) in [4.78, 5) is 28.8. The average molecular weight is 377 g/mol. The van der Waals surface area contributed by atoms with Gasteiger partial charge in [-0.25, -0.2) is 0 Å². The summed E-state index contributed by atoms with van der Waals surface area (Å²) in [5.41, 5.74) is 2.95. The maximum Gasteiger partial charge on any atom is 0.241 e. The Bertz CT molecular complexity index is 852. The van der Waals surface area contributed by atoms with Crippen molar-refractivity contribution in [3.63, 3.8) is 0 Å². The number of carbonyl (C=O) groups is 2. The van der Waals surface area contributed by atoms with E-state index in [0.717, 1.165) is 43.9 Å². The van der Waals surface area contributed by atoms with Crippen LogP contribution in [0.2, 0.25) is 0 Å². The molecule has 2 heterocycles. The van der Waals surface area contributed by atoms with E-state index >= 15 is 0 Å². The fourth-order valence-electron chi connectivity index (χ4n) is 4.22. The first-order chi connectivity index (χ1) is 13.6. The number of benzene rings is 2. The van der Waals surface area contributed by atoms with E-state index in [-0.39, 0.29) is 17.9 Å². The molecule has 0 saturated carbocycles. The minimum absolute atomic E-state index is 0.00129. The minimum Gasteiger partial charge on any atom is -0.325 e. The number of hydrogen-bond donors (Lipinski definition) is 1. The number of hydrogen-bond acceptors (Lipinski definition) is 3. The third kappa shape index (κ3) is 3.94. The van der Waals surface area contributed by atoms with Gasteiger partial charge >= 0.3 is 0 Å². The van der Waals surface area contributed by atoms with E-state index in [1.807, 2.05) is 37.3 Å². The highest BCUT2D eigenvalue weighted by molar-refractivity contribution is 5.98. The third-order valence-corrected chi connectivity index (χ3v) is 5.92. The Hall–Kier alpha value is -2.66. The van der Waals surface area contributed by atoms with Crippen molar-refractivity contribution in [2.45, 2.75) is 38.1 Å². The van der Waals surface area contributed by atoms with Crippen LogP contribution in [0.15, 0.2) is 54.6 Å². The predicted molar refractivity (Wildman–Crippen MR) is 111 cm³/mol. The van der Waals surface area contributed by atoms with E-state index in [0.29, 0.717) is 12.3 Å². The van der Waals surface area contributed by atoms with Crippen LogP contribution in [-0.2, 0) is 9.59 Å². The lowest BCUT2D eigenvalue weighted by Gasteiger charge is -2.24. The fourth-order valence-corrected chi connectivity index (χ4v) is 4.22. The first-order valence-electron chi connectivity index (χ1n) is 10.1. The number of rotatable bonds is 5. The van der Waals surface area contributed by atoms with Gasteiger partial charge in [-0.2, -0.15) is 0 Å². The zero-order valence-electron chi connectivity index (χ0n) is 16.3. The van der Waals surface area contributed by atoms with Crippen LogP contribution in [0.4, 0.5) is 11.4 Å². The highest BCUT2D eigenvalue weighted by atomic mass is 16.2. The summed E-state index contributed by atoms with van der Waals surface area (Å²) in [5.74, 6) is 0.639. The molecule has 2 atom stereocenters. The number of amides is 2. The van der Waals surface area contributed by atoms with Gasteiger partial charge in [0, 0.05) is 30.9 Å². The summed E-state index contributed by atoms with van der Waals surface area (Å²) < 4.78 is 0. The van der Waals surface area contributed by atoms with E-state index in [4.69, 9.17) is 0 Å². The second-order valence-electron chi connectivity index (χ2n) is 7.76. The molecule has 5 heteroatoms. The molecule has 0 aromatic heterocycles. The second kappa shape index (κ2) is 8.15. The van der Waals surface area contributed by atoms with Gasteiger partial charge in [-0.1, -0.05) is 36.4 Å². The largest absolute Gasteiger partial charge is 0.325 e. The monoisotopic (exact) mass is 377 g/mol. The average Bonchev–Trinajstić information content (AvgIpc) is 3.37. The van der Waals surface area contributed by atoms with Crippen molar-refractivity contribution in [2.75, 3.05) is 29.9 Å². The molecule has 2 aromatic carbocycles. The molecule has 0 radical (unpaired) electrons. The molecule has 2 fully saturated rings. The quantitative estimate of drug-likeness (QED) is 0.866. The zero-order chi connectivity index (χ0) is 19.5. The van der Waals surface area contributed by atoms with Gasteiger partial charge in [0.1, 0.15) is 0 Å². The van der Waals surface area contributed by atoms with Crippen LogP contribution in [-0.4, -0.2) is 42.4 Å². The summed E-state index contributed by atoms with van der Waals surface area (Å²) >= 11 is 0. The Morgan fingerprint density at radius 1 is 1.11 bits per heavy atom. The van der Waals surface area contributed by atoms with Crippen molar-refractivity contribution >= 4 is 23.2 Å². The number of nitrogens with zero attached hydrogens (tertiary/aromatic N) is 2. The van der Waals surface area contributed by atoms with Crippen LogP contribution in [0, 0.1) is 0 Å². The minimum atomic E-state index is -0.189. The molecule has 0 aliphatic carbocycles. The lowest BCUT2D eigenvalue weighted by atomic mass is 9.99. The van der Waals surface area contributed by atoms with Crippen LogP contribution in [0.25, 0.3) is 0 Å². The molecule has 146 valence electrons. The third-order valence-electron chi connectivity index (χ3n) is 5.92. The van der Waals surface area contributed by atoms with Crippen molar-refractivity contribution < 1.29 is 9.59 Å². The molecule has 2 saturated heterocycles. The summed E-state index contributed by atoms with van der Waals surface area (Å²) in [7, 11) is 0. The van der Waals surface area contributed by atoms with Gasteiger partial charge in [0.05, 0.1) is 6.04 Å². The molecule has 2 aliphatic heterocycles. The van der Waals surface area contributed by atoms with Crippen molar-refractivity contribution in [1.82, 2.24) is 4.90 Å². The Kier molecular flexibility index (Phi) is 5.44. The highest BCUT2D eigenvalue weighted by Gasteiger charge is 2.30. The summed E-state index contributed by atoms with van der Waals surface area (Å²) in [6, 6.07) is 17.9. The maximum atomic E-state index is 12.8. The Morgan fingerprint density at radius 2 is 1.93 bits per heavy atom. The standard InChI is InChI=1S/C23H27N3O2/c1-17(25-14-12-19(16-25)18-7-3-2-4-8-18)23(28)24-20-9-5-10-21(15-20)26-13-6-11-22(26)27/h2-5,7-10,15,17,19H,6,11-14,16H2,1H3,(H,24,28)/t17-,19+/m1/s1. The van der Waals surface area contributed by atoms with Crippen molar-refractivity contribution in [3.8, 4) is 0 Å². The molecule has 0 spiro atoms. The molecule has 2 aliphatic rings. The summed E-state index contributed by atoms with van der Waals surface area (Å²) in [5, 5.41) is 3.03. The Labute approximate surface area is 166 Å². The number of likely N-dealkylation sites (tertiary alicyclic amines) is 1. The van der Waals surface area contributed by atoms with Crippen molar-refractivity contribution in [3.05, 3.63) is 60.2 Å². The fraction of sp³-hybridized carbons (Fsp3) is 0.391. The number of anilines is 2. The smallest absolute Gasteiger partial charge is 0.241 e. The van der Waals surface area contributed by atoms with Gasteiger partial charge in [0.15, 0.2) is 0 Å². The van der Waals surface area contributed by atoms with Gasteiger partial charge < -0.3 is 10.2 Å². The number of carbonyl (C=O) groups excluding carboxylic acids is 2. The van der Waals surface area contributed by atoms with Crippen LogP contribution in [0.5, 0.6) is 0 Å². The van der Waals surface area contributed by atoms with Crippen LogP contribution >= 0.6 is 0 Å². The van der Waals surface area contributed by atoms with Gasteiger partial charge in [-0.15, -0.1) is 0 Å². The Morgan fingerprint density at radius 3 is 2.68 bits per heavy atom. The first-order valence-corrected chi connectivity index (χ1v) is 10.1. The lowest BCUT2D eigenvalue weighted by Crippen LogP contribution is -2.40. The first kappa shape index (κ1) is 18.7. The second-order valence-corrected chi connectivity index (χ2v) is 7.76. The number of nitrogens with one attached hydrogen (secondary N) is 1. The maximum absolute atomic E-state index is 12.8. The molecule has 4 rings (SSSR count). The molecule has 2 aromatic rings. The van der Waals surface area contributed by atoms with E-state index < -0.39 is 0 Å². The zero-order valence-corrected chi connectivity index (χ0v) is 16.3. The van der Waals surface area contributed by atoms with Crippen LogP contribution < -0.4 is 10.2 Å². The van der Waals surface area contributed by atoms with E-state index in [1.54, 1.807) is 4.90 Å². The molecule has 5 nitrogen and oxygen atoms in total. The molecule has 0 bridgehead atoms. The SMILES string of the molecule is C[C@H](C(=O)Nc1cccc(N2CCCC2=O)c1)N1CC[C@H](c2ccccc2)C1. The molecule has 0 unspecified atom stereocenters. The van der Waals surface area contributed by atoms with Crippen molar-refractivity contribution in [2.24, 2.45) is 0 Å². The van der Waals surface area contributed by atoms with E-state index in [1.165, 1.54) is 5.56 Å². The highest BCUT2D eigenvalue weighted by Crippen LogP contribution is 2.29. The normalized spacial score (nSPS) is 21.1. The molecule has 2 amide bonds. The van der Waals surface area contributed by atoms with Gasteiger partial charge in [-0.3, -0.25) is 14.5 Å². The molecule has 1 N–H and O–H groups in total. The molecule has 28 heavy (non-hydrogen) atoms. The van der Waals surface area contributed by atoms with E-state index in [9.17, 15) is 9.59 Å². The predicted octanol–water partition coefficient (Wildman–Crippen LogP) is 3.63. The van der Waals surface area contributed by atoms with Gasteiger partial charge in [0.25, 0.3) is 0 Å². The topological polar surface area (TPSA) is 52.7 Å². The Balaban J connectivity index is 1.38. The van der Waals surface area contributed by atoms with Crippen LogP contribution in [0.1, 0.15) is 37.7 Å². The van der Waals surface area contributed by atoms with Crippen LogP contribution in [0.3, 0.4) is 0 Å². The summed E-state index contributed by atoms with van der Waals surface area (Å²) in [6.45, 7) is 4.55. The summed E-state index contributed by atoms with van der Waals surface area (Å²) in [6.07, 6.45) is 2.57. The molecular formula is C23H27N3O2. The van der Waals surface area contributed by atoms with E-state index in [2.05, 4.69) is 34.5 Å². The molecular weight excluding hydrogens is 350 g/mol. The van der Waals surface area contributed by atoms with Gasteiger partial charge in [-0.05, 0) is 56.0 Å². The lowest BCUT2D eigenvalue weighted by molar-refractivity contribution is -0.120. The van der Waals surface area contributed by atoms with Crippen molar-refractivity contribution in [1.29, 1.82) is 0 Å². The van der Waals surface area contributed by atoms with Gasteiger partial charge in [0.2, 0.25) is 11.8 Å².